The van der Waals surface area contributed by atoms with Gasteiger partial charge >= 0.3 is 0 Å². The molecule has 1 aliphatic rings. The van der Waals surface area contributed by atoms with Crippen LogP contribution in [0.25, 0.3) is 0 Å². The summed E-state index contributed by atoms with van der Waals surface area (Å²) in [7, 11) is 0. The molecule has 0 saturated carbocycles. The first kappa shape index (κ1) is 11.9. The van der Waals surface area contributed by atoms with Crippen molar-refractivity contribution < 1.29 is 9.53 Å². The summed E-state index contributed by atoms with van der Waals surface area (Å²) in [5.74, 6) is -0.242. The SMILES string of the molecule is CCc1[nH]nc(C(=O)NCC2CCCO2)c1N. The van der Waals surface area contributed by atoms with E-state index in [1.54, 1.807) is 0 Å². The fraction of sp³-hybridized carbons (Fsp3) is 0.636. The van der Waals surface area contributed by atoms with Crippen molar-refractivity contribution in [2.45, 2.75) is 32.3 Å². The number of carbonyl (C=O) groups is 1. The van der Waals surface area contributed by atoms with Crippen molar-refractivity contribution in [3.8, 4) is 0 Å². The van der Waals surface area contributed by atoms with Crippen LogP contribution in [0.1, 0.15) is 35.9 Å². The molecule has 2 heterocycles. The highest BCUT2D eigenvalue weighted by Crippen LogP contribution is 2.15. The van der Waals surface area contributed by atoms with E-state index in [4.69, 9.17) is 10.5 Å². The van der Waals surface area contributed by atoms with Crippen molar-refractivity contribution in [3.05, 3.63) is 11.4 Å². The van der Waals surface area contributed by atoms with Crippen LogP contribution in [0.15, 0.2) is 0 Å². The minimum absolute atomic E-state index is 0.129. The van der Waals surface area contributed by atoms with Gasteiger partial charge in [-0.15, -0.1) is 0 Å². The van der Waals surface area contributed by atoms with E-state index in [0.717, 1.165) is 31.6 Å². The van der Waals surface area contributed by atoms with Crippen molar-refractivity contribution in [3.63, 3.8) is 0 Å². The number of nitrogens with zero attached hydrogens (tertiary/aromatic N) is 1. The predicted molar refractivity (Wildman–Crippen MR) is 63.7 cm³/mol. The molecule has 0 radical (unpaired) electrons. The van der Waals surface area contributed by atoms with Gasteiger partial charge in [-0.3, -0.25) is 9.89 Å². The number of ether oxygens (including phenoxy) is 1. The van der Waals surface area contributed by atoms with Crippen LogP contribution >= 0.6 is 0 Å². The molecule has 2 rings (SSSR count). The number of aromatic amines is 1. The van der Waals surface area contributed by atoms with Crippen LogP contribution in [-0.4, -0.2) is 35.4 Å². The molecule has 1 fully saturated rings. The molecule has 0 spiro atoms. The molecule has 1 unspecified atom stereocenters. The summed E-state index contributed by atoms with van der Waals surface area (Å²) in [4.78, 5) is 11.8. The number of rotatable bonds is 4. The predicted octanol–water partition coefficient (Wildman–Crippen LogP) is 0.463. The first-order valence-corrected chi connectivity index (χ1v) is 5.95. The van der Waals surface area contributed by atoms with E-state index >= 15 is 0 Å². The largest absolute Gasteiger partial charge is 0.395 e. The van der Waals surface area contributed by atoms with Gasteiger partial charge in [0, 0.05) is 13.2 Å². The Morgan fingerprint density at radius 3 is 3.12 bits per heavy atom. The number of nitrogen functional groups attached to an aromatic ring is 1. The molecule has 17 heavy (non-hydrogen) atoms. The lowest BCUT2D eigenvalue weighted by molar-refractivity contribution is 0.0854. The van der Waals surface area contributed by atoms with Gasteiger partial charge < -0.3 is 15.8 Å². The second kappa shape index (κ2) is 5.18. The highest BCUT2D eigenvalue weighted by Gasteiger charge is 2.19. The molecule has 4 N–H and O–H groups in total. The molecule has 1 aliphatic heterocycles. The number of anilines is 1. The van der Waals surface area contributed by atoms with Crippen LogP contribution in [0.3, 0.4) is 0 Å². The molecule has 94 valence electrons. The number of aryl methyl sites for hydroxylation is 1. The Labute approximate surface area is 99.9 Å². The number of H-pyrrole nitrogens is 1. The van der Waals surface area contributed by atoms with Gasteiger partial charge in [0.2, 0.25) is 0 Å². The highest BCUT2D eigenvalue weighted by molar-refractivity contribution is 5.97. The average Bonchev–Trinajstić information content (AvgIpc) is 2.95. The maximum Gasteiger partial charge on any atom is 0.274 e. The first-order valence-electron chi connectivity index (χ1n) is 5.95. The lowest BCUT2D eigenvalue weighted by atomic mass is 10.2. The van der Waals surface area contributed by atoms with Crippen LogP contribution in [0, 0.1) is 0 Å². The monoisotopic (exact) mass is 238 g/mol. The topological polar surface area (TPSA) is 93.0 Å². The molecule has 0 bridgehead atoms. The number of nitrogens with two attached hydrogens (primary N) is 1. The van der Waals surface area contributed by atoms with E-state index in [9.17, 15) is 4.79 Å². The normalized spacial score (nSPS) is 19.5. The maximum atomic E-state index is 11.8. The fourth-order valence-electron chi connectivity index (χ4n) is 1.92. The zero-order valence-corrected chi connectivity index (χ0v) is 9.95. The van der Waals surface area contributed by atoms with Gasteiger partial charge in [-0.25, -0.2) is 0 Å². The van der Waals surface area contributed by atoms with Crippen molar-refractivity contribution in [1.82, 2.24) is 15.5 Å². The molecule has 1 aromatic rings. The van der Waals surface area contributed by atoms with E-state index in [2.05, 4.69) is 15.5 Å². The Balaban J connectivity index is 1.92. The second-order valence-corrected chi connectivity index (χ2v) is 4.16. The van der Waals surface area contributed by atoms with Gasteiger partial charge in [0.1, 0.15) is 0 Å². The quantitative estimate of drug-likeness (QED) is 0.710. The Bertz CT molecular complexity index is 396. The van der Waals surface area contributed by atoms with Crippen LogP contribution in [0.5, 0.6) is 0 Å². The summed E-state index contributed by atoms with van der Waals surface area (Å²) in [6.07, 6.45) is 2.92. The van der Waals surface area contributed by atoms with Crippen molar-refractivity contribution >= 4 is 11.6 Å². The zero-order chi connectivity index (χ0) is 12.3. The third-order valence-electron chi connectivity index (χ3n) is 2.97. The summed E-state index contributed by atoms with van der Waals surface area (Å²) < 4.78 is 5.42. The molecule has 1 atom stereocenters. The molecule has 1 saturated heterocycles. The summed E-state index contributed by atoms with van der Waals surface area (Å²) in [5, 5.41) is 9.49. The summed E-state index contributed by atoms with van der Waals surface area (Å²) in [6, 6.07) is 0. The van der Waals surface area contributed by atoms with Crippen LogP contribution in [-0.2, 0) is 11.2 Å². The summed E-state index contributed by atoms with van der Waals surface area (Å²) in [5.41, 5.74) is 7.33. The minimum Gasteiger partial charge on any atom is -0.395 e. The number of amides is 1. The Kier molecular flexibility index (Phi) is 3.63. The van der Waals surface area contributed by atoms with Gasteiger partial charge in [-0.05, 0) is 19.3 Å². The smallest absolute Gasteiger partial charge is 0.274 e. The third kappa shape index (κ3) is 2.58. The maximum absolute atomic E-state index is 11.8. The van der Waals surface area contributed by atoms with Gasteiger partial charge in [-0.1, -0.05) is 6.92 Å². The van der Waals surface area contributed by atoms with Gasteiger partial charge in [0.05, 0.1) is 17.5 Å². The molecule has 0 aliphatic carbocycles. The number of hydrogen-bond donors (Lipinski definition) is 3. The van der Waals surface area contributed by atoms with Crippen LogP contribution in [0.2, 0.25) is 0 Å². The molecule has 1 amide bonds. The highest BCUT2D eigenvalue weighted by atomic mass is 16.5. The summed E-state index contributed by atoms with van der Waals surface area (Å²) in [6.45, 7) is 3.26. The fourth-order valence-corrected chi connectivity index (χ4v) is 1.92. The average molecular weight is 238 g/mol. The first-order chi connectivity index (χ1) is 8.22. The lowest BCUT2D eigenvalue weighted by Crippen LogP contribution is -2.32. The number of hydrogen-bond acceptors (Lipinski definition) is 4. The molecular formula is C11H18N4O2. The van der Waals surface area contributed by atoms with E-state index in [1.807, 2.05) is 6.92 Å². The van der Waals surface area contributed by atoms with Crippen molar-refractivity contribution in [2.75, 3.05) is 18.9 Å². The van der Waals surface area contributed by atoms with Gasteiger partial charge in [0.25, 0.3) is 5.91 Å². The molecule has 6 heteroatoms. The Hall–Kier alpha value is -1.56. The van der Waals surface area contributed by atoms with Gasteiger partial charge in [-0.2, -0.15) is 5.10 Å². The number of carbonyl (C=O) groups excluding carboxylic acids is 1. The summed E-state index contributed by atoms with van der Waals surface area (Å²) >= 11 is 0. The van der Waals surface area contributed by atoms with Crippen molar-refractivity contribution in [2.24, 2.45) is 0 Å². The third-order valence-corrected chi connectivity index (χ3v) is 2.97. The van der Waals surface area contributed by atoms with Crippen molar-refractivity contribution in [1.29, 1.82) is 0 Å². The molecule has 0 aromatic carbocycles. The van der Waals surface area contributed by atoms with E-state index in [-0.39, 0.29) is 17.7 Å². The van der Waals surface area contributed by atoms with Crippen LogP contribution < -0.4 is 11.1 Å². The molecule has 1 aromatic heterocycles. The molecule has 6 nitrogen and oxygen atoms in total. The van der Waals surface area contributed by atoms with Crippen LogP contribution in [0.4, 0.5) is 5.69 Å². The van der Waals surface area contributed by atoms with E-state index < -0.39 is 0 Å². The zero-order valence-electron chi connectivity index (χ0n) is 9.95. The number of nitrogens with one attached hydrogen (secondary N) is 2. The molecular weight excluding hydrogens is 220 g/mol. The van der Waals surface area contributed by atoms with E-state index in [0.29, 0.717) is 12.2 Å². The Morgan fingerprint density at radius 1 is 1.71 bits per heavy atom. The van der Waals surface area contributed by atoms with Gasteiger partial charge in [0.15, 0.2) is 5.69 Å². The second-order valence-electron chi connectivity index (χ2n) is 4.16. The Morgan fingerprint density at radius 2 is 2.53 bits per heavy atom. The lowest BCUT2D eigenvalue weighted by Gasteiger charge is -2.09. The number of aromatic nitrogens is 2. The standard InChI is InChI=1S/C11H18N4O2/c1-2-8-9(12)10(15-14-8)11(16)13-6-7-4-3-5-17-7/h7H,2-6,12H2,1H3,(H,13,16)(H,14,15). The van der Waals surface area contributed by atoms with E-state index in [1.165, 1.54) is 0 Å². The minimum atomic E-state index is -0.242.